The Morgan fingerprint density at radius 3 is 2.56 bits per heavy atom. The normalized spacial score (nSPS) is 26.7. The standard InChI is InChI=1S/C25H25N3O4/c1-24(2,3)32-22(29)20-19(18-12-8-14-31-18)25(21(28-20)17-11-6-7-13-26-17)15-9-4-5-10-16(15)27-23(25)30/h4-14,19-21,28H,1-3H3,(H,27,30)/t19-,20+,21-,25-/m1/s1. The zero-order valence-corrected chi connectivity index (χ0v) is 18.2. The lowest BCUT2D eigenvalue weighted by Gasteiger charge is -2.33. The molecule has 3 aromatic rings. The van der Waals surface area contributed by atoms with Gasteiger partial charge in [-0.1, -0.05) is 24.3 Å². The van der Waals surface area contributed by atoms with Gasteiger partial charge < -0.3 is 14.5 Å². The summed E-state index contributed by atoms with van der Waals surface area (Å²) in [5.74, 6) is -0.732. The second-order valence-corrected chi connectivity index (χ2v) is 9.23. The fourth-order valence-corrected chi connectivity index (χ4v) is 5.04. The summed E-state index contributed by atoms with van der Waals surface area (Å²) in [6.45, 7) is 5.47. The molecule has 7 heteroatoms. The quantitative estimate of drug-likeness (QED) is 0.614. The van der Waals surface area contributed by atoms with E-state index in [2.05, 4.69) is 15.6 Å². The molecule has 164 valence electrons. The molecule has 0 aliphatic carbocycles. The molecule has 7 nitrogen and oxygen atoms in total. The van der Waals surface area contributed by atoms with Crippen molar-refractivity contribution < 1.29 is 18.7 Å². The molecule has 4 atom stereocenters. The lowest BCUT2D eigenvalue weighted by atomic mass is 9.65. The maximum absolute atomic E-state index is 13.8. The van der Waals surface area contributed by atoms with Crippen LogP contribution in [0.2, 0.25) is 0 Å². The Morgan fingerprint density at radius 2 is 1.88 bits per heavy atom. The van der Waals surface area contributed by atoms with Crippen molar-refractivity contribution in [1.29, 1.82) is 0 Å². The molecule has 1 amide bonds. The van der Waals surface area contributed by atoms with E-state index in [0.29, 0.717) is 11.5 Å². The fourth-order valence-electron chi connectivity index (χ4n) is 5.04. The van der Waals surface area contributed by atoms with Gasteiger partial charge in [0.2, 0.25) is 5.91 Å². The van der Waals surface area contributed by atoms with E-state index < -0.39 is 35.0 Å². The van der Waals surface area contributed by atoms with Gasteiger partial charge in [-0.15, -0.1) is 0 Å². The van der Waals surface area contributed by atoms with Gasteiger partial charge in [0, 0.05) is 11.9 Å². The van der Waals surface area contributed by atoms with Crippen LogP contribution in [0.5, 0.6) is 0 Å². The van der Waals surface area contributed by atoms with Crippen LogP contribution in [0.15, 0.2) is 71.5 Å². The van der Waals surface area contributed by atoms with Crippen LogP contribution in [-0.2, 0) is 19.7 Å². The van der Waals surface area contributed by atoms with Crippen molar-refractivity contribution >= 4 is 17.6 Å². The first-order valence-corrected chi connectivity index (χ1v) is 10.7. The summed E-state index contributed by atoms with van der Waals surface area (Å²) in [4.78, 5) is 31.8. The smallest absolute Gasteiger partial charge is 0.324 e. The number of amides is 1. The van der Waals surface area contributed by atoms with Crippen molar-refractivity contribution in [2.24, 2.45) is 0 Å². The van der Waals surface area contributed by atoms with Crippen LogP contribution in [-0.4, -0.2) is 28.5 Å². The Hall–Kier alpha value is -3.45. The number of carbonyl (C=O) groups is 2. The van der Waals surface area contributed by atoms with Gasteiger partial charge in [0.25, 0.3) is 0 Å². The van der Waals surface area contributed by atoms with E-state index in [1.165, 1.54) is 0 Å². The number of aromatic nitrogens is 1. The lowest BCUT2D eigenvalue weighted by Crippen LogP contribution is -2.44. The molecule has 2 aromatic heterocycles. The van der Waals surface area contributed by atoms with Crippen LogP contribution >= 0.6 is 0 Å². The number of pyridine rings is 1. The number of furan rings is 1. The largest absolute Gasteiger partial charge is 0.469 e. The first kappa shape index (κ1) is 20.5. The molecule has 1 fully saturated rings. The SMILES string of the molecule is CC(C)(C)OC(=O)[C@H]1N[C@H](c2ccccn2)[C@]2(C(=O)Nc3ccccc32)[C@@H]1c1ccco1. The average Bonchev–Trinajstić information content (AvgIpc) is 3.46. The van der Waals surface area contributed by atoms with Crippen LogP contribution in [0.3, 0.4) is 0 Å². The molecule has 2 N–H and O–H groups in total. The Morgan fingerprint density at radius 1 is 1.09 bits per heavy atom. The molecule has 4 heterocycles. The van der Waals surface area contributed by atoms with Crippen molar-refractivity contribution in [3.8, 4) is 0 Å². The van der Waals surface area contributed by atoms with Crippen molar-refractivity contribution in [1.82, 2.24) is 10.3 Å². The van der Waals surface area contributed by atoms with Gasteiger partial charge in [-0.2, -0.15) is 0 Å². The van der Waals surface area contributed by atoms with Crippen molar-refractivity contribution in [3.63, 3.8) is 0 Å². The Bertz CT molecular complexity index is 1150. The van der Waals surface area contributed by atoms with Gasteiger partial charge >= 0.3 is 5.97 Å². The highest BCUT2D eigenvalue weighted by Gasteiger charge is 2.67. The van der Waals surface area contributed by atoms with Crippen molar-refractivity contribution in [3.05, 3.63) is 84.1 Å². The van der Waals surface area contributed by atoms with E-state index in [4.69, 9.17) is 9.15 Å². The number of hydrogen-bond acceptors (Lipinski definition) is 6. The maximum Gasteiger partial charge on any atom is 0.324 e. The maximum atomic E-state index is 13.8. The first-order chi connectivity index (χ1) is 15.3. The molecule has 5 rings (SSSR count). The van der Waals surface area contributed by atoms with E-state index >= 15 is 0 Å². The van der Waals surface area contributed by atoms with Crippen LogP contribution in [0.4, 0.5) is 5.69 Å². The minimum Gasteiger partial charge on any atom is -0.469 e. The molecule has 0 radical (unpaired) electrons. The molecule has 1 aromatic carbocycles. The Labute approximate surface area is 186 Å². The van der Waals surface area contributed by atoms with E-state index in [1.54, 1.807) is 24.6 Å². The molecule has 2 aliphatic heterocycles. The minimum atomic E-state index is -1.15. The number of nitrogens with zero attached hydrogens (tertiary/aromatic N) is 1. The zero-order valence-electron chi connectivity index (χ0n) is 18.2. The van der Waals surface area contributed by atoms with Crippen LogP contribution in [0.25, 0.3) is 0 Å². The molecule has 0 unspecified atom stereocenters. The summed E-state index contributed by atoms with van der Waals surface area (Å²) in [7, 11) is 0. The van der Waals surface area contributed by atoms with Gasteiger partial charge in [0.15, 0.2) is 0 Å². The molecule has 32 heavy (non-hydrogen) atoms. The van der Waals surface area contributed by atoms with Crippen molar-refractivity contribution in [2.45, 2.75) is 49.8 Å². The van der Waals surface area contributed by atoms with Crippen LogP contribution < -0.4 is 10.6 Å². The number of carbonyl (C=O) groups excluding carboxylic acids is 2. The topological polar surface area (TPSA) is 93.5 Å². The summed E-state index contributed by atoms with van der Waals surface area (Å²) in [6.07, 6.45) is 3.24. The zero-order chi connectivity index (χ0) is 22.5. The summed E-state index contributed by atoms with van der Waals surface area (Å²) >= 11 is 0. The summed E-state index contributed by atoms with van der Waals surface area (Å²) in [6, 6.07) is 15.3. The predicted molar refractivity (Wildman–Crippen MR) is 118 cm³/mol. The van der Waals surface area contributed by atoms with Gasteiger partial charge in [-0.25, -0.2) is 0 Å². The fraction of sp³-hybridized carbons (Fsp3) is 0.320. The number of para-hydroxylation sites is 1. The average molecular weight is 431 g/mol. The number of anilines is 1. The minimum absolute atomic E-state index is 0.200. The summed E-state index contributed by atoms with van der Waals surface area (Å²) in [5, 5.41) is 6.44. The third-order valence-corrected chi connectivity index (χ3v) is 6.12. The van der Waals surface area contributed by atoms with E-state index in [9.17, 15) is 9.59 Å². The number of ether oxygens (including phenoxy) is 1. The first-order valence-electron chi connectivity index (χ1n) is 10.7. The highest BCUT2D eigenvalue weighted by molar-refractivity contribution is 6.09. The van der Waals surface area contributed by atoms with Crippen LogP contribution in [0, 0.1) is 0 Å². The van der Waals surface area contributed by atoms with Crippen LogP contribution in [0.1, 0.15) is 49.7 Å². The highest BCUT2D eigenvalue weighted by atomic mass is 16.6. The number of fused-ring (bicyclic) bond motifs is 2. The van der Waals surface area contributed by atoms with E-state index in [-0.39, 0.29) is 5.91 Å². The van der Waals surface area contributed by atoms with Gasteiger partial charge in [0.05, 0.1) is 23.9 Å². The number of hydrogen-bond donors (Lipinski definition) is 2. The monoisotopic (exact) mass is 431 g/mol. The van der Waals surface area contributed by atoms with Gasteiger partial charge in [-0.05, 0) is 56.7 Å². The molecular weight excluding hydrogens is 406 g/mol. The third-order valence-electron chi connectivity index (χ3n) is 6.12. The van der Waals surface area contributed by atoms with Crippen molar-refractivity contribution in [2.75, 3.05) is 5.32 Å². The van der Waals surface area contributed by atoms with E-state index in [1.807, 2.05) is 63.2 Å². The summed E-state index contributed by atoms with van der Waals surface area (Å²) in [5.41, 5.74) is 0.368. The molecular formula is C25H25N3O4. The molecule has 1 saturated heterocycles. The lowest BCUT2D eigenvalue weighted by molar-refractivity contribution is -0.157. The second-order valence-electron chi connectivity index (χ2n) is 9.23. The molecule has 0 bridgehead atoms. The number of nitrogens with one attached hydrogen (secondary N) is 2. The molecule has 2 aliphatic rings. The van der Waals surface area contributed by atoms with Gasteiger partial charge in [0.1, 0.15) is 22.8 Å². The predicted octanol–water partition coefficient (Wildman–Crippen LogP) is 3.70. The highest BCUT2D eigenvalue weighted by Crippen LogP contribution is 2.59. The molecule has 0 saturated carbocycles. The third kappa shape index (κ3) is 3.04. The Kier molecular flexibility index (Phi) is 4.67. The summed E-state index contributed by atoms with van der Waals surface area (Å²) < 4.78 is 11.6. The molecule has 1 spiro atoms. The number of esters is 1. The Balaban J connectivity index is 1.75. The van der Waals surface area contributed by atoms with Gasteiger partial charge in [-0.3, -0.25) is 19.9 Å². The van der Waals surface area contributed by atoms with E-state index in [0.717, 1.165) is 11.3 Å². The second kappa shape index (κ2) is 7.31. The number of rotatable bonds is 3. The number of benzene rings is 1.